The molecule has 1 atom stereocenters. The molecule has 182 valence electrons. The van der Waals surface area contributed by atoms with E-state index in [4.69, 9.17) is 19.0 Å². The summed E-state index contributed by atoms with van der Waals surface area (Å²) in [5.41, 5.74) is 0.159. The average molecular weight is 499 g/mol. The van der Waals surface area contributed by atoms with E-state index in [0.717, 1.165) is 4.90 Å². The number of furan rings is 1. The van der Waals surface area contributed by atoms with Crippen molar-refractivity contribution >= 4 is 33.2 Å². The first-order valence-corrected chi connectivity index (χ1v) is 11.8. The third kappa shape index (κ3) is 4.27. The number of aliphatic hydroxyl groups excluding tert-OH is 1. The van der Waals surface area contributed by atoms with Gasteiger partial charge < -0.3 is 19.0 Å². The van der Waals surface area contributed by atoms with Crippen LogP contribution in [0.5, 0.6) is 11.5 Å². The number of primary sulfonamides is 1. The van der Waals surface area contributed by atoms with Gasteiger partial charge in [-0.05, 0) is 55.5 Å². The molecule has 0 radical (unpaired) electrons. The van der Waals surface area contributed by atoms with Gasteiger partial charge in [-0.2, -0.15) is 0 Å². The van der Waals surface area contributed by atoms with E-state index in [9.17, 15) is 23.1 Å². The fourth-order valence-electron chi connectivity index (χ4n) is 3.90. The maximum Gasteiger partial charge on any atom is 0.300 e. The highest BCUT2D eigenvalue weighted by molar-refractivity contribution is 7.89. The number of carbonyl (C=O) groups excluding carboxylic acids is 2. The Balaban J connectivity index is 1.93. The Kier molecular flexibility index (Phi) is 6.14. The van der Waals surface area contributed by atoms with Crippen LogP contribution in [0.25, 0.3) is 5.76 Å². The molecule has 4 rings (SSSR count). The van der Waals surface area contributed by atoms with E-state index in [2.05, 4.69) is 0 Å². The number of amides is 1. The van der Waals surface area contributed by atoms with Crippen molar-refractivity contribution in [2.24, 2.45) is 5.14 Å². The number of hydrogen-bond acceptors (Lipinski definition) is 8. The smallest absolute Gasteiger partial charge is 0.300 e. The minimum Gasteiger partial charge on any atom is -0.507 e. The van der Waals surface area contributed by atoms with Crippen molar-refractivity contribution in [3.63, 3.8) is 0 Å². The van der Waals surface area contributed by atoms with Crippen LogP contribution >= 0.6 is 0 Å². The zero-order chi connectivity index (χ0) is 25.5. The fourth-order valence-corrected chi connectivity index (χ4v) is 4.42. The Morgan fingerprint density at radius 1 is 1.03 bits per heavy atom. The summed E-state index contributed by atoms with van der Waals surface area (Å²) in [5.74, 6) is -0.905. The summed E-state index contributed by atoms with van der Waals surface area (Å²) >= 11 is 0. The zero-order valence-corrected chi connectivity index (χ0v) is 19.8. The van der Waals surface area contributed by atoms with Crippen LogP contribution < -0.4 is 19.5 Å². The molecule has 2 heterocycles. The summed E-state index contributed by atoms with van der Waals surface area (Å²) in [6.45, 7) is 1.70. The number of sulfonamides is 1. The van der Waals surface area contributed by atoms with E-state index >= 15 is 0 Å². The van der Waals surface area contributed by atoms with E-state index in [1.807, 2.05) is 0 Å². The topological polar surface area (TPSA) is 149 Å². The molecule has 1 aromatic heterocycles. The molecule has 0 aliphatic carbocycles. The predicted octanol–water partition coefficient (Wildman–Crippen LogP) is 2.88. The molecule has 0 spiro atoms. The van der Waals surface area contributed by atoms with Gasteiger partial charge in [0.2, 0.25) is 10.0 Å². The van der Waals surface area contributed by atoms with Gasteiger partial charge in [-0.25, -0.2) is 13.6 Å². The van der Waals surface area contributed by atoms with E-state index in [0.29, 0.717) is 11.5 Å². The van der Waals surface area contributed by atoms with Crippen LogP contribution in [0.2, 0.25) is 0 Å². The van der Waals surface area contributed by atoms with E-state index < -0.39 is 33.5 Å². The minimum absolute atomic E-state index is 0.161. The number of ketones is 1. The average Bonchev–Trinajstić information content (AvgIpc) is 3.38. The Bertz CT molecular complexity index is 1450. The lowest BCUT2D eigenvalue weighted by molar-refractivity contribution is -0.132. The molecule has 0 bridgehead atoms. The van der Waals surface area contributed by atoms with Crippen molar-refractivity contribution in [2.45, 2.75) is 17.9 Å². The number of aryl methyl sites for hydroxylation is 1. The maximum absolute atomic E-state index is 13.2. The highest BCUT2D eigenvalue weighted by Gasteiger charge is 2.48. The molecule has 3 aromatic rings. The molecule has 1 aliphatic heterocycles. The van der Waals surface area contributed by atoms with Gasteiger partial charge in [0.05, 0.1) is 30.3 Å². The van der Waals surface area contributed by atoms with Gasteiger partial charge in [0.1, 0.15) is 34.8 Å². The standard InChI is InChI=1S/C24H22N2O8S/c1-13-4-11-18(34-13)21-20(22(27)17-10-7-15(32-2)12-19(17)33-3)23(28)24(29)26(21)14-5-8-16(9-6-14)35(25,30)31/h4-12,21,27H,1-3H3,(H2,25,30,31)/b22-20-. The molecule has 10 nitrogen and oxygen atoms in total. The Morgan fingerprint density at radius 3 is 2.26 bits per heavy atom. The second-order valence-electron chi connectivity index (χ2n) is 7.72. The molecule has 1 saturated heterocycles. The molecule has 11 heteroatoms. The van der Waals surface area contributed by atoms with Crippen LogP contribution in [-0.2, 0) is 19.6 Å². The summed E-state index contributed by atoms with van der Waals surface area (Å²) in [6.07, 6.45) is 0. The zero-order valence-electron chi connectivity index (χ0n) is 19.0. The number of nitrogens with two attached hydrogens (primary N) is 1. The number of anilines is 1. The first kappa shape index (κ1) is 24.0. The van der Waals surface area contributed by atoms with Crippen molar-refractivity contribution in [3.8, 4) is 11.5 Å². The van der Waals surface area contributed by atoms with Crippen LogP contribution in [0.4, 0.5) is 5.69 Å². The van der Waals surface area contributed by atoms with Crippen LogP contribution in [-0.4, -0.2) is 39.4 Å². The molecule has 1 unspecified atom stereocenters. The maximum atomic E-state index is 13.2. The fraction of sp³-hybridized carbons (Fsp3) is 0.167. The lowest BCUT2D eigenvalue weighted by Crippen LogP contribution is -2.29. The lowest BCUT2D eigenvalue weighted by Gasteiger charge is -2.23. The minimum atomic E-state index is -3.97. The predicted molar refractivity (Wildman–Crippen MR) is 126 cm³/mol. The summed E-state index contributed by atoms with van der Waals surface area (Å²) < 4.78 is 39.6. The number of methoxy groups -OCH3 is 2. The first-order chi connectivity index (χ1) is 16.6. The monoisotopic (exact) mass is 498 g/mol. The molecule has 1 aliphatic rings. The molecule has 1 fully saturated rings. The van der Waals surface area contributed by atoms with Crippen LogP contribution in [0.3, 0.4) is 0 Å². The van der Waals surface area contributed by atoms with E-state index in [1.165, 1.54) is 50.6 Å². The number of rotatable bonds is 6. The van der Waals surface area contributed by atoms with Crippen LogP contribution in [0, 0.1) is 6.92 Å². The quantitative estimate of drug-likeness (QED) is 0.299. The molecule has 2 aromatic carbocycles. The molecular formula is C24H22N2O8S. The molecule has 1 amide bonds. The number of benzene rings is 2. The van der Waals surface area contributed by atoms with Crippen molar-refractivity contribution < 1.29 is 37.0 Å². The second kappa shape index (κ2) is 8.93. The molecular weight excluding hydrogens is 476 g/mol. The lowest BCUT2D eigenvalue weighted by atomic mass is 9.98. The normalized spacial score (nSPS) is 17.6. The SMILES string of the molecule is COc1ccc(/C(O)=C2/C(=O)C(=O)N(c3ccc(S(N)(=O)=O)cc3)C2c2ccc(C)o2)c(OC)c1. The van der Waals surface area contributed by atoms with Gasteiger partial charge in [-0.3, -0.25) is 14.5 Å². The third-order valence-corrected chi connectivity index (χ3v) is 6.51. The van der Waals surface area contributed by atoms with Gasteiger partial charge in [0, 0.05) is 11.8 Å². The van der Waals surface area contributed by atoms with Crippen molar-refractivity contribution in [3.05, 3.63) is 77.3 Å². The summed E-state index contributed by atoms with van der Waals surface area (Å²) in [5, 5.41) is 16.4. The van der Waals surface area contributed by atoms with Gasteiger partial charge in [0.15, 0.2) is 0 Å². The largest absolute Gasteiger partial charge is 0.507 e. The van der Waals surface area contributed by atoms with Crippen molar-refractivity contribution in [2.75, 3.05) is 19.1 Å². The first-order valence-electron chi connectivity index (χ1n) is 10.3. The van der Waals surface area contributed by atoms with Crippen molar-refractivity contribution in [1.82, 2.24) is 0 Å². The summed E-state index contributed by atoms with van der Waals surface area (Å²) in [6, 6.07) is 11.9. The molecule has 0 saturated carbocycles. The number of aliphatic hydroxyl groups is 1. The highest BCUT2D eigenvalue weighted by Crippen LogP contribution is 2.44. The second-order valence-corrected chi connectivity index (χ2v) is 9.28. The van der Waals surface area contributed by atoms with Gasteiger partial charge in [-0.1, -0.05) is 0 Å². The number of hydrogen-bond donors (Lipinski definition) is 2. The Hall–Kier alpha value is -4.09. The number of ether oxygens (including phenoxy) is 2. The van der Waals surface area contributed by atoms with Crippen LogP contribution in [0.15, 0.2) is 69.5 Å². The van der Waals surface area contributed by atoms with Gasteiger partial charge in [-0.15, -0.1) is 0 Å². The highest BCUT2D eigenvalue weighted by atomic mass is 32.2. The number of Topliss-reactive ketones (excluding diaryl/α,β-unsaturated/α-hetero) is 1. The van der Waals surface area contributed by atoms with Crippen LogP contribution in [0.1, 0.15) is 23.1 Å². The van der Waals surface area contributed by atoms with Gasteiger partial charge in [0.25, 0.3) is 11.7 Å². The third-order valence-electron chi connectivity index (χ3n) is 5.58. The van der Waals surface area contributed by atoms with Gasteiger partial charge >= 0.3 is 0 Å². The van der Waals surface area contributed by atoms with E-state index in [1.54, 1.807) is 25.1 Å². The Labute approximate surface area is 201 Å². The van der Waals surface area contributed by atoms with Crippen molar-refractivity contribution in [1.29, 1.82) is 0 Å². The molecule has 3 N–H and O–H groups in total. The Morgan fingerprint density at radius 2 is 1.71 bits per heavy atom. The summed E-state index contributed by atoms with van der Waals surface area (Å²) in [4.78, 5) is 27.4. The summed E-state index contributed by atoms with van der Waals surface area (Å²) in [7, 11) is -1.10. The van der Waals surface area contributed by atoms with E-state index in [-0.39, 0.29) is 33.2 Å². The molecule has 35 heavy (non-hydrogen) atoms. The number of carbonyl (C=O) groups is 2. The number of nitrogens with zero attached hydrogens (tertiary/aromatic N) is 1.